The number of hydrogen-bond acceptors (Lipinski definition) is 2. The van der Waals surface area contributed by atoms with Crippen LogP contribution in [0.1, 0.15) is 30.1 Å². The highest BCUT2D eigenvalue weighted by atomic mass is 79.9. The number of carbonyl (C=O) groups excluding carboxylic acids is 1. The number of hydrogen-bond donors (Lipinski definition) is 0. The molecule has 0 spiro atoms. The van der Waals surface area contributed by atoms with Crippen LogP contribution in [0.3, 0.4) is 0 Å². The van der Waals surface area contributed by atoms with Crippen molar-refractivity contribution >= 4 is 21.7 Å². The lowest BCUT2D eigenvalue weighted by Crippen LogP contribution is -2.22. The summed E-state index contributed by atoms with van der Waals surface area (Å²) in [4.78, 5) is 14.1. The van der Waals surface area contributed by atoms with E-state index in [-0.39, 0.29) is 5.78 Å². The Kier molecular flexibility index (Phi) is 5.71. The quantitative estimate of drug-likeness (QED) is 0.746. The van der Waals surface area contributed by atoms with Crippen LogP contribution in [0.4, 0.5) is 0 Å². The molecule has 0 bridgehead atoms. The maximum Gasteiger partial charge on any atom is 0.165 e. The van der Waals surface area contributed by atoms with Gasteiger partial charge in [-0.1, -0.05) is 41.1 Å². The summed E-state index contributed by atoms with van der Waals surface area (Å²) < 4.78 is 0.887. The molecule has 3 heteroatoms. The molecule has 0 radical (unpaired) electrons. The highest BCUT2D eigenvalue weighted by Gasteiger charge is 2.09. The Morgan fingerprint density at radius 2 is 2.00 bits per heavy atom. The maximum atomic E-state index is 11.9. The number of ketones is 1. The minimum absolute atomic E-state index is 0.204. The third-order valence-corrected chi connectivity index (χ3v) is 3.19. The van der Waals surface area contributed by atoms with Crippen molar-refractivity contribution in [3.63, 3.8) is 0 Å². The van der Waals surface area contributed by atoms with Crippen molar-refractivity contribution in [2.75, 3.05) is 20.1 Å². The fourth-order valence-electron chi connectivity index (χ4n) is 1.61. The molecule has 0 atom stereocenters. The molecular weight excluding hydrogens is 266 g/mol. The molecule has 16 heavy (non-hydrogen) atoms. The largest absolute Gasteiger partial charge is 0.306 e. The van der Waals surface area contributed by atoms with Gasteiger partial charge in [-0.2, -0.15) is 0 Å². The summed E-state index contributed by atoms with van der Waals surface area (Å²) in [7, 11) is 2.05. The van der Waals surface area contributed by atoms with Crippen molar-refractivity contribution in [2.45, 2.75) is 19.8 Å². The van der Waals surface area contributed by atoms with Crippen molar-refractivity contribution in [3.8, 4) is 0 Å². The Hall–Kier alpha value is -0.670. The van der Waals surface area contributed by atoms with E-state index in [1.807, 2.05) is 24.3 Å². The van der Waals surface area contributed by atoms with Crippen molar-refractivity contribution < 1.29 is 4.79 Å². The van der Waals surface area contributed by atoms with Gasteiger partial charge in [-0.3, -0.25) is 4.79 Å². The molecule has 1 aromatic rings. The standard InChI is InChI=1S/C13H18BrNO/c1-3-9-15(2)10-8-13(16)11-6-4-5-7-12(11)14/h4-7H,3,8-10H2,1-2H3. The average molecular weight is 284 g/mol. The number of rotatable bonds is 6. The van der Waals surface area contributed by atoms with Gasteiger partial charge in [-0.15, -0.1) is 0 Å². The van der Waals surface area contributed by atoms with Gasteiger partial charge in [0.15, 0.2) is 5.78 Å². The van der Waals surface area contributed by atoms with Crippen LogP contribution in [-0.2, 0) is 0 Å². The van der Waals surface area contributed by atoms with E-state index < -0.39 is 0 Å². The van der Waals surface area contributed by atoms with Crippen LogP contribution in [-0.4, -0.2) is 30.8 Å². The van der Waals surface area contributed by atoms with Gasteiger partial charge in [0.25, 0.3) is 0 Å². The zero-order valence-electron chi connectivity index (χ0n) is 9.87. The van der Waals surface area contributed by atoms with Gasteiger partial charge in [0.2, 0.25) is 0 Å². The molecule has 0 aliphatic rings. The topological polar surface area (TPSA) is 20.3 Å². The zero-order valence-corrected chi connectivity index (χ0v) is 11.5. The predicted molar refractivity (Wildman–Crippen MR) is 70.9 cm³/mol. The van der Waals surface area contributed by atoms with E-state index >= 15 is 0 Å². The Bertz CT molecular complexity index is 352. The summed E-state index contributed by atoms with van der Waals surface area (Å²) in [5, 5.41) is 0. The third-order valence-electron chi connectivity index (χ3n) is 2.50. The minimum atomic E-state index is 0.204. The molecular formula is C13H18BrNO. The number of nitrogens with zero attached hydrogens (tertiary/aromatic N) is 1. The first kappa shape index (κ1) is 13.4. The lowest BCUT2D eigenvalue weighted by Gasteiger charge is -2.14. The summed E-state index contributed by atoms with van der Waals surface area (Å²) in [5.74, 6) is 0.204. The van der Waals surface area contributed by atoms with Gasteiger partial charge in [0, 0.05) is 23.0 Å². The van der Waals surface area contributed by atoms with Crippen molar-refractivity contribution in [3.05, 3.63) is 34.3 Å². The number of Topliss-reactive ketones (excluding diaryl/α,β-unsaturated/α-hetero) is 1. The van der Waals surface area contributed by atoms with Crippen LogP contribution in [0.25, 0.3) is 0 Å². The first-order chi connectivity index (χ1) is 7.65. The van der Waals surface area contributed by atoms with Crippen molar-refractivity contribution in [1.82, 2.24) is 4.90 Å². The average Bonchev–Trinajstić information content (AvgIpc) is 2.27. The Morgan fingerprint density at radius 3 is 2.62 bits per heavy atom. The molecule has 0 unspecified atom stereocenters. The lowest BCUT2D eigenvalue weighted by atomic mass is 10.1. The number of benzene rings is 1. The second-order valence-electron chi connectivity index (χ2n) is 3.96. The van der Waals surface area contributed by atoms with Gasteiger partial charge >= 0.3 is 0 Å². The molecule has 0 aliphatic carbocycles. The fourth-order valence-corrected chi connectivity index (χ4v) is 2.11. The second kappa shape index (κ2) is 6.81. The number of halogens is 1. The fraction of sp³-hybridized carbons (Fsp3) is 0.462. The Labute approximate surface area is 106 Å². The van der Waals surface area contributed by atoms with E-state index in [0.717, 1.165) is 29.5 Å². The van der Waals surface area contributed by atoms with E-state index in [1.54, 1.807) is 0 Å². The van der Waals surface area contributed by atoms with E-state index in [4.69, 9.17) is 0 Å². The van der Waals surface area contributed by atoms with E-state index in [1.165, 1.54) is 0 Å². The van der Waals surface area contributed by atoms with E-state index in [0.29, 0.717) is 6.42 Å². The third kappa shape index (κ3) is 4.06. The summed E-state index contributed by atoms with van der Waals surface area (Å²) in [5.41, 5.74) is 0.785. The van der Waals surface area contributed by atoms with Gasteiger partial charge in [0.1, 0.15) is 0 Å². The molecule has 0 amide bonds. The molecule has 1 rings (SSSR count). The molecule has 0 aromatic heterocycles. The monoisotopic (exact) mass is 283 g/mol. The summed E-state index contributed by atoms with van der Waals surface area (Å²) in [6.45, 7) is 4.02. The van der Waals surface area contributed by atoms with Crippen LogP contribution in [0, 0.1) is 0 Å². The Balaban J connectivity index is 2.50. The lowest BCUT2D eigenvalue weighted by molar-refractivity contribution is 0.0968. The zero-order chi connectivity index (χ0) is 12.0. The summed E-state index contributed by atoms with van der Waals surface area (Å²) in [6, 6.07) is 7.59. The Morgan fingerprint density at radius 1 is 1.31 bits per heavy atom. The van der Waals surface area contributed by atoms with Crippen molar-refractivity contribution in [2.24, 2.45) is 0 Å². The number of carbonyl (C=O) groups is 1. The maximum absolute atomic E-state index is 11.9. The van der Waals surface area contributed by atoms with Crippen molar-refractivity contribution in [1.29, 1.82) is 0 Å². The molecule has 0 saturated carbocycles. The van der Waals surface area contributed by atoms with E-state index in [9.17, 15) is 4.79 Å². The van der Waals surface area contributed by atoms with Crippen LogP contribution >= 0.6 is 15.9 Å². The van der Waals surface area contributed by atoms with Gasteiger partial charge in [0.05, 0.1) is 0 Å². The van der Waals surface area contributed by atoms with Crippen LogP contribution in [0.5, 0.6) is 0 Å². The minimum Gasteiger partial charge on any atom is -0.306 e. The highest BCUT2D eigenvalue weighted by Crippen LogP contribution is 2.17. The van der Waals surface area contributed by atoms with Gasteiger partial charge in [-0.05, 0) is 26.1 Å². The summed E-state index contributed by atoms with van der Waals surface area (Å²) in [6.07, 6.45) is 1.71. The van der Waals surface area contributed by atoms with Crippen LogP contribution < -0.4 is 0 Å². The van der Waals surface area contributed by atoms with E-state index in [2.05, 4.69) is 34.8 Å². The van der Waals surface area contributed by atoms with Crippen LogP contribution in [0.15, 0.2) is 28.7 Å². The molecule has 0 heterocycles. The molecule has 88 valence electrons. The molecule has 0 fully saturated rings. The molecule has 2 nitrogen and oxygen atoms in total. The van der Waals surface area contributed by atoms with Gasteiger partial charge in [-0.25, -0.2) is 0 Å². The van der Waals surface area contributed by atoms with Gasteiger partial charge < -0.3 is 4.90 Å². The van der Waals surface area contributed by atoms with Crippen LogP contribution in [0.2, 0.25) is 0 Å². The molecule has 0 saturated heterocycles. The molecule has 0 N–H and O–H groups in total. The SMILES string of the molecule is CCCN(C)CCC(=O)c1ccccc1Br. The second-order valence-corrected chi connectivity index (χ2v) is 4.81. The first-order valence-electron chi connectivity index (χ1n) is 5.61. The predicted octanol–water partition coefficient (Wildman–Crippen LogP) is 3.36. The molecule has 0 aliphatic heterocycles. The smallest absolute Gasteiger partial charge is 0.165 e. The normalized spacial score (nSPS) is 10.8. The summed E-state index contributed by atoms with van der Waals surface area (Å²) >= 11 is 3.40. The first-order valence-corrected chi connectivity index (χ1v) is 6.40. The highest BCUT2D eigenvalue weighted by molar-refractivity contribution is 9.10. The molecule has 1 aromatic carbocycles.